The number of piperazine rings is 1. The predicted octanol–water partition coefficient (Wildman–Crippen LogP) is 1.97. The minimum Gasteiger partial charge on any atom is -0.340 e. The van der Waals surface area contributed by atoms with Gasteiger partial charge >= 0.3 is 0 Å². The Hall–Kier alpha value is -1.55. The van der Waals surface area contributed by atoms with Crippen molar-refractivity contribution < 1.29 is 9.59 Å². The SMILES string of the molecule is CCC1(C)NC(=O)CN(Cc2ccccc2Cl)C1=O. The highest BCUT2D eigenvalue weighted by Gasteiger charge is 2.41. The molecule has 0 aromatic heterocycles. The van der Waals surface area contributed by atoms with Crippen molar-refractivity contribution in [2.45, 2.75) is 32.4 Å². The first-order valence-electron chi connectivity index (χ1n) is 6.30. The highest BCUT2D eigenvalue weighted by atomic mass is 35.5. The lowest BCUT2D eigenvalue weighted by molar-refractivity contribution is -0.149. The zero-order valence-corrected chi connectivity index (χ0v) is 11.8. The van der Waals surface area contributed by atoms with E-state index in [2.05, 4.69) is 5.32 Å². The van der Waals surface area contributed by atoms with Crippen LogP contribution in [0.25, 0.3) is 0 Å². The van der Waals surface area contributed by atoms with E-state index in [0.29, 0.717) is 18.0 Å². The van der Waals surface area contributed by atoms with Gasteiger partial charge in [0.25, 0.3) is 0 Å². The Morgan fingerprint density at radius 1 is 1.37 bits per heavy atom. The summed E-state index contributed by atoms with van der Waals surface area (Å²) in [6.45, 7) is 4.09. The lowest BCUT2D eigenvalue weighted by atomic mass is 9.94. The Bertz CT molecular complexity index is 518. The molecule has 0 spiro atoms. The number of carbonyl (C=O) groups is 2. The van der Waals surface area contributed by atoms with Crippen LogP contribution in [0.15, 0.2) is 24.3 Å². The van der Waals surface area contributed by atoms with Gasteiger partial charge in [0.2, 0.25) is 11.8 Å². The minimum absolute atomic E-state index is 0.0606. The molecule has 1 saturated heterocycles. The lowest BCUT2D eigenvalue weighted by Crippen LogP contribution is -2.64. The van der Waals surface area contributed by atoms with Crippen LogP contribution in [0, 0.1) is 0 Å². The van der Waals surface area contributed by atoms with Gasteiger partial charge in [-0.25, -0.2) is 0 Å². The maximum Gasteiger partial charge on any atom is 0.248 e. The van der Waals surface area contributed by atoms with Crippen LogP contribution < -0.4 is 5.32 Å². The fourth-order valence-corrected chi connectivity index (χ4v) is 2.39. The highest BCUT2D eigenvalue weighted by molar-refractivity contribution is 6.31. The topological polar surface area (TPSA) is 49.4 Å². The van der Waals surface area contributed by atoms with Crippen molar-refractivity contribution in [2.75, 3.05) is 6.54 Å². The van der Waals surface area contributed by atoms with Crippen LogP contribution in [0.2, 0.25) is 5.02 Å². The van der Waals surface area contributed by atoms with E-state index in [0.717, 1.165) is 5.56 Å². The van der Waals surface area contributed by atoms with E-state index in [9.17, 15) is 9.59 Å². The fraction of sp³-hybridized carbons (Fsp3) is 0.429. The summed E-state index contributed by atoms with van der Waals surface area (Å²) in [4.78, 5) is 25.7. The molecule has 4 nitrogen and oxygen atoms in total. The maximum atomic E-state index is 12.4. The summed E-state index contributed by atoms with van der Waals surface area (Å²) < 4.78 is 0. The van der Waals surface area contributed by atoms with Crippen LogP contribution >= 0.6 is 11.6 Å². The molecular formula is C14H17ClN2O2. The van der Waals surface area contributed by atoms with Crippen LogP contribution in [0.5, 0.6) is 0 Å². The molecule has 1 heterocycles. The van der Waals surface area contributed by atoms with Gasteiger partial charge < -0.3 is 10.2 Å². The number of hydrogen-bond acceptors (Lipinski definition) is 2. The number of nitrogens with one attached hydrogen (secondary N) is 1. The van der Waals surface area contributed by atoms with Crippen molar-refractivity contribution in [2.24, 2.45) is 0 Å². The summed E-state index contributed by atoms with van der Waals surface area (Å²) in [6.07, 6.45) is 0.566. The first-order valence-corrected chi connectivity index (χ1v) is 6.68. The Kier molecular flexibility index (Phi) is 3.80. The number of rotatable bonds is 3. The van der Waals surface area contributed by atoms with Crippen LogP contribution in [0.3, 0.4) is 0 Å². The van der Waals surface area contributed by atoms with Gasteiger partial charge in [-0.3, -0.25) is 9.59 Å². The van der Waals surface area contributed by atoms with E-state index in [-0.39, 0.29) is 18.4 Å². The quantitative estimate of drug-likeness (QED) is 0.920. The molecule has 102 valence electrons. The third-order valence-electron chi connectivity index (χ3n) is 3.54. The van der Waals surface area contributed by atoms with Gasteiger partial charge in [0.1, 0.15) is 5.54 Å². The lowest BCUT2D eigenvalue weighted by Gasteiger charge is -2.39. The van der Waals surface area contributed by atoms with Gasteiger partial charge in [0, 0.05) is 11.6 Å². The second kappa shape index (κ2) is 5.21. The average molecular weight is 281 g/mol. The number of amides is 2. The molecule has 1 aliphatic rings. The Labute approximate surface area is 117 Å². The second-order valence-corrected chi connectivity index (χ2v) is 5.39. The minimum atomic E-state index is -0.809. The van der Waals surface area contributed by atoms with Gasteiger partial charge in [0.05, 0.1) is 6.54 Å². The molecule has 1 aromatic carbocycles. The summed E-state index contributed by atoms with van der Waals surface area (Å²) in [5, 5.41) is 3.37. The molecule has 19 heavy (non-hydrogen) atoms. The standard InChI is InChI=1S/C14H17ClN2O2/c1-3-14(2)13(19)17(9-12(18)16-14)8-10-6-4-5-7-11(10)15/h4-7H,3,8-9H2,1-2H3,(H,16,18). The molecule has 2 rings (SSSR count). The number of benzene rings is 1. The third-order valence-corrected chi connectivity index (χ3v) is 3.90. The smallest absolute Gasteiger partial charge is 0.248 e. The Morgan fingerprint density at radius 3 is 2.68 bits per heavy atom. The monoisotopic (exact) mass is 280 g/mol. The van der Waals surface area contributed by atoms with E-state index in [4.69, 9.17) is 11.6 Å². The van der Waals surface area contributed by atoms with Crippen molar-refractivity contribution in [3.63, 3.8) is 0 Å². The molecule has 1 aromatic rings. The van der Waals surface area contributed by atoms with Crippen molar-refractivity contribution in [3.05, 3.63) is 34.9 Å². The molecule has 0 bridgehead atoms. The van der Waals surface area contributed by atoms with Gasteiger partial charge in [-0.05, 0) is 25.0 Å². The molecule has 1 fully saturated rings. The summed E-state index contributed by atoms with van der Waals surface area (Å²) in [5.74, 6) is -0.189. The van der Waals surface area contributed by atoms with Crippen LogP contribution in [-0.4, -0.2) is 28.8 Å². The van der Waals surface area contributed by atoms with Gasteiger partial charge in [0.15, 0.2) is 0 Å². The first kappa shape index (κ1) is 13.9. The number of carbonyl (C=O) groups excluding carboxylic acids is 2. The summed E-state index contributed by atoms with van der Waals surface area (Å²) >= 11 is 6.09. The molecule has 5 heteroatoms. The average Bonchev–Trinajstić information content (AvgIpc) is 2.38. The first-order chi connectivity index (χ1) is 8.96. The van der Waals surface area contributed by atoms with Crippen molar-refractivity contribution in [1.29, 1.82) is 0 Å². The number of hydrogen-bond donors (Lipinski definition) is 1. The van der Waals surface area contributed by atoms with E-state index in [1.54, 1.807) is 17.9 Å². The molecule has 1 unspecified atom stereocenters. The van der Waals surface area contributed by atoms with Crippen LogP contribution in [0.1, 0.15) is 25.8 Å². The van der Waals surface area contributed by atoms with Crippen molar-refractivity contribution >= 4 is 23.4 Å². The summed E-state index contributed by atoms with van der Waals surface area (Å²) in [7, 11) is 0. The molecule has 1 N–H and O–H groups in total. The van der Waals surface area contributed by atoms with E-state index in [1.807, 2.05) is 25.1 Å². The van der Waals surface area contributed by atoms with Gasteiger partial charge in [-0.15, -0.1) is 0 Å². The number of nitrogens with zero attached hydrogens (tertiary/aromatic N) is 1. The molecule has 0 aliphatic carbocycles. The maximum absolute atomic E-state index is 12.4. The van der Waals surface area contributed by atoms with E-state index < -0.39 is 5.54 Å². The largest absolute Gasteiger partial charge is 0.340 e. The molecule has 0 radical (unpaired) electrons. The van der Waals surface area contributed by atoms with Crippen LogP contribution in [0.4, 0.5) is 0 Å². The highest BCUT2D eigenvalue weighted by Crippen LogP contribution is 2.22. The van der Waals surface area contributed by atoms with Gasteiger partial charge in [-0.1, -0.05) is 36.7 Å². The normalized spacial score (nSPS) is 23.4. The number of halogens is 1. The van der Waals surface area contributed by atoms with E-state index >= 15 is 0 Å². The van der Waals surface area contributed by atoms with Gasteiger partial charge in [-0.2, -0.15) is 0 Å². The molecule has 1 atom stereocenters. The molecule has 1 aliphatic heterocycles. The zero-order chi connectivity index (χ0) is 14.0. The predicted molar refractivity (Wildman–Crippen MR) is 73.7 cm³/mol. The van der Waals surface area contributed by atoms with Crippen molar-refractivity contribution in [3.8, 4) is 0 Å². The summed E-state index contributed by atoms with van der Waals surface area (Å²) in [6, 6.07) is 7.36. The Balaban J connectivity index is 2.22. The van der Waals surface area contributed by atoms with Crippen molar-refractivity contribution in [1.82, 2.24) is 10.2 Å². The molecule has 0 saturated carbocycles. The fourth-order valence-electron chi connectivity index (χ4n) is 2.19. The van der Waals surface area contributed by atoms with Crippen LogP contribution in [-0.2, 0) is 16.1 Å². The zero-order valence-electron chi connectivity index (χ0n) is 11.1. The molecule has 2 amide bonds. The Morgan fingerprint density at radius 2 is 2.05 bits per heavy atom. The third kappa shape index (κ3) is 2.73. The van der Waals surface area contributed by atoms with E-state index in [1.165, 1.54) is 0 Å². The second-order valence-electron chi connectivity index (χ2n) is 4.99. The molecular weight excluding hydrogens is 264 g/mol. The summed E-state index contributed by atoms with van der Waals surface area (Å²) in [5.41, 5.74) is 0.0435.